The molecule has 0 radical (unpaired) electrons. The largest absolute Gasteiger partial charge is 0.339 e. The predicted molar refractivity (Wildman–Crippen MR) is 90.3 cm³/mol. The second kappa shape index (κ2) is 6.55. The number of hydrogen-bond donors (Lipinski definition) is 1. The monoisotopic (exact) mass is 340 g/mol. The molecule has 2 aliphatic rings. The Morgan fingerprint density at radius 2 is 1.68 bits per heavy atom. The molecule has 3 rings (SSSR count). The van der Waals surface area contributed by atoms with Gasteiger partial charge in [0.05, 0.1) is 11.3 Å². The van der Waals surface area contributed by atoms with E-state index >= 15 is 0 Å². The van der Waals surface area contributed by atoms with Crippen molar-refractivity contribution in [1.82, 2.24) is 9.80 Å². The Kier molecular flexibility index (Phi) is 4.45. The minimum Gasteiger partial charge on any atom is -0.339 e. The van der Waals surface area contributed by atoms with Crippen LogP contribution in [0, 0.1) is 16.7 Å². The van der Waals surface area contributed by atoms with Crippen LogP contribution < -0.4 is 5.32 Å². The summed E-state index contributed by atoms with van der Waals surface area (Å²) in [5.41, 5.74) is -0.231. The first-order valence-electron chi connectivity index (χ1n) is 8.33. The Hall–Kier alpha value is -2.88. The van der Waals surface area contributed by atoms with Crippen molar-refractivity contribution in [2.45, 2.75) is 19.8 Å². The van der Waals surface area contributed by atoms with E-state index in [0.717, 1.165) is 0 Å². The van der Waals surface area contributed by atoms with Crippen molar-refractivity contribution in [3.63, 3.8) is 0 Å². The van der Waals surface area contributed by atoms with E-state index in [2.05, 4.69) is 5.32 Å². The van der Waals surface area contributed by atoms with Crippen molar-refractivity contribution in [1.29, 1.82) is 5.26 Å². The molecule has 25 heavy (non-hydrogen) atoms. The predicted octanol–water partition coefficient (Wildman–Crippen LogP) is 0.968. The van der Waals surface area contributed by atoms with Crippen LogP contribution in [0.3, 0.4) is 0 Å². The zero-order valence-corrected chi connectivity index (χ0v) is 14.1. The maximum absolute atomic E-state index is 12.8. The molecule has 0 atom stereocenters. The third-order valence-electron chi connectivity index (χ3n) is 4.90. The standard InChI is InChI=1S/C18H20N4O3/c1-13(23)21-8-10-22(11-9-21)17(25)18(6-7-18)16(24)20-15-5-3-2-4-14(15)12-19/h2-5H,6-11H2,1H3,(H,20,24). The van der Waals surface area contributed by atoms with Crippen LogP contribution in [0.5, 0.6) is 0 Å². The molecule has 1 aliphatic heterocycles. The van der Waals surface area contributed by atoms with Crippen LogP contribution in [0.25, 0.3) is 0 Å². The van der Waals surface area contributed by atoms with Gasteiger partial charge in [0.1, 0.15) is 11.5 Å². The van der Waals surface area contributed by atoms with Gasteiger partial charge in [-0.05, 0) is 25.0 Å². The van der Waals surface area contributed by atoms with E-state index in [0.29, 0.717) is 50.3 Å². The van der Waals surface area contributed by atoms with Crippen molar-refractivity contribution in [3.8, 4) is 6.07 Å². The maximum Gasteiger partial charge on any atom is 0.240 e. The number of nitriles is 1. The number of benzene rings is 1. The molecule has 1 heterocycles. The summed E-state index contributed by atoms with van der Waals surface area (Å²) < 4.78 is 0. The first-order chi connectivity index (χ1) is 12.0. The Morgan fingerprint density at radius 1 is 1.08 bits per heavy atom. The number of para-hydroxylation sites is 1. The molecule has 7 heteroatoms. The molecule has 1 saturated carbocycles. The lowest BCUT2D eigenvalue weighted by atomic mass is 10.0. The summed E-state index contributed by atoms with van der Waals surface area (Å²) in [6.45, 7) is 3.40. The molecule has 1 aromatic rings. The molecule has 0 bridgehead atoms. The van der Waals surface area contributed by atoms with Crippen LogP contribution in [-0.4, -0.2) is 53.7 Å². The second-order valence-corrected chi connectivity index (χ2v) is 6.49. The molecule has 0 spiro atoms. The molecule has 1 saturated heterocycles. The van der Waals surface area contributed by atoms with E-state index < -0.39 is 5.41 Å². The third-order valence-corrected chi connectivity index (χ3v) is 4.90. The minimum atomic E-state index is -1.03. The van der Waals surface area contributed by atoms with Crippen molar-refractivity contribution in [2.24, 2.45) is 5.41 Å². The van der Waals surface area contributed by atoms with Crippen LogP contribution in [0.1, 0.15) is 25.3 Å². The Morgan fingerprint density at radius 3 is 2.24 bits per heavy atom. The average molecular weight is 340 g/mol. The van der Waals surface area contributed by atoms with Gasteiger partial charge in [-0.3, -0.25) is 14.4 Å². The highest BCUT2D eigenvalue weighted by atomic mass is 16.2. The van der Waals surface area contributed by atoms with Crippen LogP contribution in [-0.2, 0) is 14.4 Å². The normalized spacial score (nSPS) is 18.2. The van der Waals surface area contributed by atoms with Crippen LogP contribution >= 0.6 is 0 Å². The summed E-state index contributed by atoms with van der Waals surface area (Å²) >= 11 is 0. The molecule has 2 fully saturated rings. The van der Waals surface area contributed by atoms with Gasteiger partial charge in [-0.15, -0.1) is 0 Å². The molecule has 0 aromatic heterocycles. The number of amides is 3. The molecule has 1 aliphatic carbocycles. The zero-order valence-electron chi connectivity index (χ0n) is 14.1. The smallest absolute Gasteiger partial charge is 0.240 e. The number of rotatable bonds is 3. The fraction of sp³-hybridized carbons (Fsp3) is 0.444. The van der Waals surface area contributed by atoms with Gasteiger partial charge in [0.2, 0.25) is 17.7 Å². The molecule has 3 amide bonds. The summed E-state index contributed by atoms with van der Waals surface area (Å²) in [6.07, 6.45) is 1.03. The lowest BCUT2D eigenvalue weighted by Gasteiger charge is -2.35. The first kappa shape index (κ1) is 17.0. The van der Waals surface area contributed by atoms with Gasteiger partial charge in [-0.25, -0.2) is 0 Å². The molecule has 1 aromatic carbocycles. The highest BCUT2D eigenvalue weighted by Gasteiger charge is 2.58. The van der Waals surface area contributed by atoms with Crippen molar-refractivity contribution in [3.05, 3.63) is 29.8 Å². The quantitative estimate of drug-likeness (QED) is 0.830. The summed E-state index contributed by atoms with van der Waals surface area (Å²) in [4.78, 5) is 40.3. The van der Waals surface area contributed by atoms with Gasteiger partial charge >= 0.3 is 0 Å². The number of nitrogens with zero attached hydrogens (tertiary/aromatic N) is 3. The Bertz CT molecular complexity index is 756. The van der Waals surface area contributed by atoms with E-state index in [1.54, 1.807) is 34.1 Å². The van der Waals surface area contributed by atoms with E-state index in [4.69, 9.17) is 5.26 Å². The Labute approximate surface area is 146 Å². The van der Waals surface area contributed by atoms with Crippen molar-refractivity contribution in [2.75, 3.05) is 31.5 Å². The number of carbonyl (C=O) groups excluding carboxylic acids is 3. The van der Waals surface area contributed by atoms with Gasteiger partial charge in [-0.1, -0.05) is 12.1 Å². The number of hydrogen-bond acceptors (Lipinski definition) is 4. The van der Waals surface area contributed by atoms with Gasteiger partial charge in [-0.2, -0.15) is 5.26 Å². The molecule has 7 nitrogen and oxygen atoms in total. The van der Waals surface area contributed by atoms with Crippen molar-refractivity contribution >= 4 is 23.4 Å². The zero-order chi connectivity index (χ0) is 18.0. The summed E-state index contributed by atoms with van der Waals surface area (Å²) in [5.74, 6) is -0.532. The number of carbonyl (C=O) groups is 3. The number of nitrogens with one attached hydrogen (secondary N) is 1. The average Bonchev–Trinajstić information content (AvgIpc) is 3.43. The first-order valence-corrected chi connectivity index (χ1v) is 8.33. The molecule has 1 N–H and O–H groups in total. The number of piperazine rings is 1. The topological polar surface area (TPSA) is 93.5 Å². The number of anilines is 1. The highest BCUT2D eigenvalue weighted by molar-refractivity contribution is 6.13. The SMILES string of the molecule is CC(=O)N1CCN(C(=O)C2(C(=O)Nc3ccccc3C#N)CC2)CC1. The highest BCUT2D eigenvalue weighted by Crippen LogP contribution is 2.48. The van der Waals surface area contributed by atoms with Crippen molar-refractivity contribution < 1.29 is 14.4 Å². The van der Waals surface area contributed by atoms with Crippen LogP contribution in [0.4, 0.5) is 5.69 Å². The molecule has 130 valence electrons. The van der Waals surface area contributed by atoms with Crippen LogP contribution in [0.2, 0.25) is 0 Å². The molecular formula is C18H20N4O3. The lowest BCUT2D eigenvalue weighted by Crippen LogP contribution is -2.53. The van der Waals surface area contributed by atoms with Crippen LogP contribution in [0.15, 0.2) is 24.3 Å². The second-order valence-electron chi connectivity index (χ2n) is 6.49. The van der Waals surface area contributed by atoms with E-state index in [1.807, 2.05) is 6.07 Å². The maximum atomic E-state index is 12.8. The van der Waals surface area contributed by atoms with E-state index in [-0.39, 0.29) is 17.7 Å². The van der Waals surface area contributed by atoms with Gasteiger partial charge in [0, 0.05) is 33.1 Å². The minimum absolute atomic E-state index is 0.000845. The van der Waals surface area contributed by atoms with E-state index in [9.17, 15) is 14.4 Å². The summed E-state index contributed by atoms with van der Waals surface area (Å²) in [5, 5.41) is 11.9. The molecule has 0 unspecified atom stereocenters. The summed E-state index contributed by atoms with van der Waals surface area (Å²) in [6, 6.07) is 8.77. The molecular weight excluding hydrogens is 320 g/mol. The van der Waals surface area contributed by atoms with Gasteiger partial charge in [0.15, 0.2) is 0 Å². The third kappa shape index (κ3) is 3.20. The Balaban J connectivity index is 1.68. The lowest BCUT2D eigenvalue weighted by molar-refractivity contribution is -0.146. The van der Waals surface area contributed by atoms with Gasteiger partial charge < -0.3 is 15.1 Å². The summed E-state index contributed by atoms with van der Waals surface area (Å²) in [7, 11) is 0. The fourth-order valence-corrected chi connectivity index (χ4v) is 3.12. The van der Waals surface area contributed by atoms with Gasteiger partial charge in [0.25, 0.3) is 0 Å². The fourth-order valence-electron chi connectivity index (χ4n) is 3.12. The van der Waals surface area contributed by atoms with E-state index in [1.165, 1.54) is 6.92 Å².